The van der Waals surface area contributed by atoms with Crippen LogP contribution in [0.1, 0.15) is 38.5 Å². The van der Waals surface area contributed by atoms with Crippen molar-refractivity contribution in [2.75, 3.05) is 0 Å². The number of fused-ring (bicyclic) bond motifs is 2. The Labute approximate surface area is 106 Å². The molecule has 3 unspecified atom stereocenters. The summed E-state index contributed by atoms with van der Waals surface area (Å²) in [6.07, 6.45) is 12.2. The lowest BCUT2D eigenvalue weighted by Crippen LogP contribution is -2.12. The topological polar surface area (TPSA) is 0 Å². The van der Waals surface area contributed by atoms with Crippen molar-refractivity contribution < 1.29 is 0 Å². The van der Waals surface area contributed by atoms with Crippen LogP contribution in [0, 0.1) is 17.8 Å². The third-order valence-electron chi connectivity index (χ3n) is 3.73. The van der Waals surface area contributed by atoms with Crippen LogP contribution in [0.4, 0.5) is 0 Å². The number of hydrogen-bond donors (Lipinski definition) is 0. The van der Waals surface area contributed by atoms with Gasteiger partial charge < -0.3 is 0 Å². The summed E-state index contributed by atoms with van der Waals surface area (Å²) in [4.78, 5) is 0. The van der Waals surface area contributed by atoms with Crippen molar-refractivity contribution >= 4 is 33.4 Å². The molecule has 0 heterocycles. The summed E-state index contributed by atoms with van der Waals surface area (Å²) < 4.78 is -0.714. The van der Waals surface area contributed by atoms with Gasteiger partial charge in [0.2, 0.25) is 0 Å². The summed E-state index contributed by atoms with van der Waals surface area (Å²) in [6.45, 7) is 0. The van der Waals surface area contributed by atoms with E-state index in [4.69, 9.17) is 23.2 Å². The molecule has 2 aliphatic rings. The number of hydrogen-bond acceptors (Lipinski definition) is 0. The summed E-state index contributed by atoms with van der Waals surface area (Å²) in [7, 11) is 3.29. The lowest BCUT2D eigenvalue weighted by atomic mass is 9.89. The molecule has 0 aromatic carbocycles. The fourth-order valence-corrected chi connectivity index (χ4v) is 3.42. The van der Waals surface area contributed by atoms with Gasteiger partial charge in [-0.3, -0.25) is 0 Å². The second kappa shape index (κ2) is 4.81. The first kappa shape index (κ1) is 12.0. The number of allylic oxidation sites excluding steroid dienone is 2. The number of halogens is 2. The molecule has 0 nitrogen and oxygen atoms in total. The zero-order valence-electron chi connectivity index (χ0n) is 8.89. The van der Waals surface area contributed by atoms with E-state index in [0.29, 0.717) is 0 Å². The van der Waals surface area contributed by atoms with Gasteiger partial charge in [0.25, 0.3) is 0 Å². The first-order valence-electron chi connectivity index (χ1n) is 5.86. The minimum atomic E-state index is -0.714. The molecule has 2 rings (SSSR count). The van der Waals surface area contributed by atoms with E-state index in [9.17, 15) is 0 Å². The predicted molar refractivity (Wildman–Crippen MR) is 67.5 cm³/mol. The van der Waals surface area contributed by atoms with Crippen LogP contribution < -0.4 is 0 Å². The maximum Gasteiger partial charge on any atom is 0.0998 e. The molecule has 15 heavy (non-hydrogen) atoms. The Bertz CT molecular complexity index is 244. The van der Waals surface area contributed by atoms with Gasteiger partial charge in [0.1, 0.15) is 0 Å². The first-order valence-corrected chi connectivity index (χ1v) is 7.11. The van der Waals surface area contributed by atoms with Crippen molar-refractivity contribution in [2.45, 2.75) is 42.5 Å². The molecule has 0 amide bonds. The van der Waals surface area contributed by atoms with Crippen molar-refractivity contribution in [1.82, 2.24) is 0 Å². The largest absolute Gasteiger partial charge is 0.107 e. The van der Waals surface area contributed by atoms with Crippen LogP contribution >= 0.6 is 23.2 Å². The second-order valence-electron chi connectivity index (χ2n) is 4.99. The minimum Gasteiger partial charge on any atom is -0.107 e. The smallest absolute Gasteiger partial charge is 0.0998 e. The van der Waals surface area contributed by atoms with E-state index in [0.717, 1.165) is 30.6 Å². The third kappa shape index (κ3) is 3.50. The third-order valence-corrected chi connectivity index (χ3v) is 4.36. The fourth-order valence-electron chi connectivity index (χ4n) is 2.98. The quantitative estimate of drug-likeness (QED) is 0.303. The van der Waals surface area contributed by atoms with Crippen molar-refractivity contribution in [1.29, 1.82) is 0 Å². The van der Waals surface area contributed by atoms with Crippen molar-refractivity contribution in [3.63, 3.8) is 0 Å². The van der Waals surface area contributed by atoms with E-state index < -0.39 is 3.96 Å². The molecule has 2 bridgehead atoms. The molecule has 0 N–H and O–H groups in total. The van der Waals surface area contributed by atoms with Crippen molar-refractivity contribution in [3.05, 3.63) is 12.2 Å². The molecule has 2 aliphatic carbocycles. The normalized spacial score (nSPS) is 33.9. The van der Waals surface area contributed by atoms with Gasteiger partial charge >= 0.3 is 0 Å². The molecule has 83 valence electrons. The highest BCUT2D eigenvalue weighted by atomic mass is 35.5. The van der Waals surface area contributed by atoms with Gasteiger partial charge in [-0.2, -0.15) is 0 Å². The van der Waals surface area contributed by atoms with Crippen molar-refractivity contribution in [2.24, 2.45) is 17.8 Å². The molecule has 0 spiro atoms. The van der Waals surface area contributed by atoms with Crippen LogP contribution in [0.15, 0.2) is 12.2 Å². The van der Waals surface area contributed by atoms with Gasteiger partial charge in [-0.05, 0) is 43.4 Å². The summed E-state index contributed by atoms with van der Waals surface area (Å²) in [5.74, 6) is 2.72. The van der Waals surface area contributed by atoms with Crippen LogP contribution in [-0.4, -0.2) is 14.2 Å². The van der Waals surface area contributed by atoms with E-state index in [1.807, 2.05) is 0 Å². The summed E-state index contributed by atoms with van der Waals surface area (Å²) in [6, 6.07) is 0. The monoisotopic (exact) mass is 259 g/mol. The van der Waals surface area contributed by atoms with Crippen LogP contribution in [0.25, 0.3) is 0 Å². The Kier molecular flexibility index (Phi) is 3.85. The Morgan fingerprint density at radius 2 is 2.00 bits per heavy atom. The Morgan fingerprint density at radius 3 is 2.53 bits per heavy atom. The Balaban J connectivity index is 1.61. The average Bonchev–Trinajstić information content (AvgIpc) is 2.71. The summed E-state index contributed by atoms with van der Waals surface area (Å²) >= 11 is 11.7. The molecular weight excluding hydrogens is 243 g/mol. The van der Waals surface area contributed by atoms with Crippen molar-refractivity contribution in [3.8, 4) is 0 Å². The SMILES string of the molecule is [Si]C(Cl)(Cl)CCCCC1CC2C=CC1C2. The molecule has 3 heteroatoms. The van der Waals surface area contributed by atoms with Gasteiger partial charge in [-0.25, -0.2) is 0 Å². The van der Waals surface area contributed by atoms with Gasteiger partial charge in [0.05, 0.1) is 14.2 Å². The number of rotatable bonds is 5. The number of unbranched alkanes of at least 4 members (excludes halogenated alkanes) is 1. The highest BCUT2D eigenvalue weighted by molar-refractivity contribution is 6.65. The van der Waals surface area contributed by atoms with Crippen LogP contribution in [0.3, 0.4) is 0 Å². The molecule has 1 saturated carbocycles. The molecule has 3 atom stereocenters. The van der Waals surface area contributed by atoms with Crippen LogP contribution in [-0.2, 0) is 0 Å². The molecule has 1 fully saturated rings. The highest BCUT2D eigenvalue weighted by Crippen LogP contribution is 2.45. The Hall–Kier alpha value is 0.537. The molecule has 3 radical (unpaired) electrons. The standard InChI is InChI=1S/C12H17Cl2Si/c13-12(14,15)6-2-1-3-10-7-9-4-5-11(10)8-9/h4-5,9-11H,1-3,6-8H2. The van der Waals surface area contributed by atoms with E-state index >= 15 is 0 Å². The zero-order valence-corrected chi connectivity index (χ0v) is 11.4. The van der Waals surface area contributed by atoms with Gasteiger partial charge in [-0.15, -0.1) is 23.2 Å². The van der Waals surface area contributed by atoms with E-state index in [-0.39, 0.29) is 0 Å². The van der Waals surface area contributed by atoms with Gasteiger partial charge in [0, 0.05) is 0 Å². The van der Waals surface area contributed by atoms with E-state index in [1.54, 1.807) is 0 Å². The molecule has 0 saturated heterocycles. The van der Waals surface area contributed by atoms with Gasteiger partial charge in [-0.1, -0.05) is 25.0 Å². The lowest BCUT2D eigenvalue weighted by Gasteiger charge is -2.18. The second-order valence-corrected chi connectivity index (χ2v) is 7.96. The summed E-state index contributed by atoms with van der Waals surface area (Å²) in [5, 5.41) is 0. The van der Waals surface area contributed by atoms with Crippen LogP contribution in [0.5, 0.6) is 0 Å². The lowest BCUT2D eigenvalue weighted by molar-refractivity contribution is 0.396. The molecule has 0 aromatic rings. The van der Waals surface area contributed by atoms with Crippen LogP contribution in [0.2, 0.25) is 0 Å². The fraction of sp³-hybridized carbons (Fsp3) is 0.833. The van der Waals surface area contributed by atoms with E-state index in [2.05, 4.69) is 22.4 Å². The first-order chi connectivity index (χ1) is 7.04. The number of alkyl halides is 2. The van der Waals surface area contributed by atoms with E-state index in [1.165, 1.54) is 25.7 Å². The average molecular weight is 260 g/mol. The highest BCUT2D eigenvalue weighted by Gasteiger charge is 2.34. The van der Waals surface area contributed by atoms with Gasteiger partial charge in [0.15, 0.2) is 0 Å². The summed E-state index contributed by atoms with van der Waals surface area (Å²) in [5.41, 5.74) is 0. The zero-order chi connectivity index (χ0) is 10.9. The molecular formula is C12H17Cl2Si. The maximum absolute atomic E-state index is 5.86. The predicted octanol–water partition coefficient (Wildman–Crippen LogP) is 4.06. The maximum atomic E-state index is 5.86. The molecule has 0 aliphatic heterocycles. The Morgan fingerprint density at radius 1 is 1.20 bits per heavy atom. The minimum absolute atomic E-state index is 0.714. The molecule has 0 aromatic heterocycles.